The van der Waals surface area contributed by atoms with E-state index in [1.165, 1.54) is 22.3 Å². The van der Waals surface area contributed by atoms with Crippen molar-refractivity contribution in [2.75, 3.05) is 12.8 Å². The molecule has 1 aliphatic carbocycles. The molecule has 2 nitrogen and oxygen atoms in total. The first kappa shape index (κ1) is 13.5. The molecule has 2 unspecified atom stereocenters. The van der Waals surface area contributed by atoms with Crippen LogP contribution >= 0.6 is 0 Å². The monoisotopic (exact) mass is 285 g/mol. The van der Waals surface area contributed by atoms with Gasteiger partial charge in [0.1, 0.15) is 0 Å². The number of hydrogen-bond acceptors (Lipinski definition) is 2. The van der Waals surface area contributed by atoms with Crippen molar-refractivity contribution in [1.29, 1.82) is 0 Å². The molecule has 0 heterocycles. The first-order chi connectivity index (χ1) is 9.68. The van der Waals surface area contributed by atoms with Gasteiger partial charge in [-0.25, -0.2) is 0 Å². The zero-order valence-electron chi connectivity index (χ0n) is 11.8. The lowest BCUT2D eigenvalue weighted by atomic mass is 10.1. The lowest BCUT2D eigenvalue weighted by Crippen LogP contribution is -2.30. The summed E-state index contributed by atoms with van der Waals surface area (Å²) in [5, 5.41) is 3.74. The van der Waals surface area contributed by atoms with Crippen LogP contribution in [0.2, 0.25) is 0 Å². The fraction of sp³-hybridized carbons (Fsp3) is 0.294. The second kappa shape index (κ2) is 5.51. The summed E-state index contributed by atoms with van der Waals surface area (Å²) in [5.41, 5.74) is 5.27. The van der Waals surface area contributed by atoms with E-state index in [2.05, 4.69) is 53.8 Å². The van der Waals surface area contributed by atoms with Crippen LogP contribution in [0.15, 0.2) is 48.5 Å². The van der Waals surface area contributed by atoms with E-state index in [0.717, 1.165) is 6.54 Å². The topological polar surface area (TPSA) is 29.1 Å². The standard InChI is InChI=1S/C17H19NOS/c1-12(20(2)19)11-18-17-15-9-5-3-7-13(15)14-8-4-6-10-16(14)17/h3-10,12,17-18H,11H2,1-2H3. The fourth-order valence-corrected chi connectivity index (χ4v) is 3.11. The predicted octanol–water partition coefficient (Wildman–Crippen LogP) is 3.11. The molecule has 0 spiro atoms. The Labute approximate surface area is 122 Å². The van der Waals surface area contributed by atoms with Gasteiger partial charge in [0.2, 0.25) is 0 Å². The summed E-state index contributed by atoms with van der Waals surface area (Å²) in [6, 6.07) is 17.3. The minimum atomic E-state index is -0.788. The van der Waals surface area contributed by atoms with Crippen LogP contribution in [-0.4, -0.2) is 22.3 Å². The molecule has 1 N–H and O–H groups in total. The molecule has 0 aliphatic heterocycles. The second-order valence-corrected chi connectivity index (χ2v) is 7.13. The molecule has 0 aromatic heterocycles. The smallest absolute Gasteiger partial charge is 0.0589 e. The van der Waals surface area contributed by atoms with Crippen LogP contribution < -0.4 is 5.32 Å². The maximum absolute atomic E-state index is 11.5. The average Bonchev–Trinajstić information content (AvgIpc) is 2.79. The van der Waals surface area contributed by atoms with Crippen LogP contribution in [0.25, 0.3) is 11.1 Å². The van der Waals surface area contributed by atoms with Gasteiger partial charge in [0.05, 0.1) is 6.04 Å². The van der Waals surface area contributed by atoms with Gasteiger partial charge in [-0.1, -0.05) is 48.5 Å². The van der Waals surface area contributed by atoms with Crippen molar-refractivity contribution in [3.05, 3.63) is 59.7 Å². The van der Waals surface area contributed by atoms with Crippen molar-refractivity contribution in [2.45, 2.75) is 18.2 Å². The first-order valence-corrected chi connectivity index (χ1v) is 8.54. The van der Waals surface area contributed by atoms with E-state index < -0.39 is 10.8 Å². The number of hydrogen-bond donors (Lipinski definition) is 1. The van der Waals surface area contributed by atoms with Crippen LogP contribution in [0, 0.1) is 0 Å². The largest absolute Gasteiger partial charge is 0.305 e. The van der Waals surface area contributed by atoms with Gasteiger partial charge in [0.25, 0.3) is 0 Å². The number of nitrogens with one attached hydrogen (secondary N) is 1. The Morgan fingerprint density at radius 3 is 2.05 bits per heavy atom. The molecule has 2 aromatic rings. The highest BCUT2D eigenvalue weighted by Gasteiger charge is 2.27. The Kier molecular flexibility index (Phi) is 3.72. The van der Waals surface area contributed by atoms with Gasteiger partial charge in [-0.05, 0) is 29.2 Å². The maximum Gasteiger partial charge on any atom is 0.0589 e. The molecule has 1 aliphatic rings. The van der Waals surface area contributed by atoms with Crippen LogP contribution in [-0.2, 0) is 10.8 Å². The minimum absolute atomic E-state index is 0.162. The molecule has 0 saturated carbocycles. The maximum atomic E-state index is 11.5. The molecule has 0 bridgehead atoms. The van der Waals surface area contributed by atoms with Crippen molar-refractivity contribution in [3.63, 3.8) is 0 Å². The third-order valence-corrected chi connectivity index (χ3v) is 5.31. The molecule has 2 atom stereocenters. The van der Waals surface area contributed by atoms with Crippen molar-refractivity contribution in [3.8, 4) is 11.1 Å². The molecule has 3 heteroatoms. The summed E-state index contributed by atoms with van der Waals surface area (Å²) in [6.45, 7) is 2.78. The van der Waals surface area contributed by atoms with Gasteiger partial charge >= 0.3 is 0 Å². The molecule has 104 valence electrons. The summed E-state index contributed by atoms with van der Waals surface area (Å²) < 4.78 is 11.5. The molecule has 0 fully saturated rings. The van der Waals surface area contributed by atoms with E-state index in [1.807, 2.05) is 6.92 Å². The molecule has 0 saturated heterocycles. The lowest BCUT2D eigenvalue weighted by molar-refractivity contribution is 0.602. The predicted molar refractivity (Wildman–Crippen MR) is 85.3 cm³/mol. The first-order valence-electron chi connectivity index (χ1n) is 6.92. The molecule has 2 aromatic carbocycles. The van der Waals surface area contributed by atoms with Crippen molar-refractivity contribution >= 4 is 10.8 Å². The number of rotatable bonds is 4. The molecular formula is C17H19NOS. The Morgan fingerprint density at radius 1 is 1.05 bits per heavy atom. The zero-order chi connectivity index (χ0) is 14.1. The Balaban J connectivity index is 1.93. The van der Waals surface area contributed by atoms with Crippen molar-refractivity contribution < 1.29 is 4.21 Å². The quantitative estimate of drug-likeness (QED) is 0.935. The van der Waals surface area contributed by atoms with Crippen LogP contribution in [0.3, 0.4) is 0 Å². The number of fused-ring (bicyclic) bond motifs is 3. The van der Waals surface area contributed by atoms with Crippen LogP contribution in [0.4, 0.5) is 0 Å². The van der Waals surface area contributed by atoms with Crippen molar-refractivity contribution in [1.82, 2.24) is 5.32 Å². The molecule has 0 radical (unpaired) electrons. The summed E-state index contributed by atoms with van der Waals surface area (Å²) >= 11 is 0. The van der Waals surface area contributed by atoms with E-state index in [9.17, 15) is 4.21 Å². The van der Waals surface area contributed by atoms with Crippen LogP contribution in [0.5, 0.6) is 0 Å². The van der Waals surface area contributed by atoms with E-state index >= 15 is 0 Å². The normalized spacial score (nSPS) is 16.5. The highest BCUT2D eigenvalue weighted by Crippen LogP contribution is 2.42. The van der Waals surface area contributed by atoms with Crippen molar-refractivity contribution in [2.24, 2.45) is 0 Å². The minimum Gasteiger partial charge on any atom is -0.305 e. The average molecular weight is 285 g/mol. The molecule has 0 amide bonds. The van der Waals surface area contributed by atoms with Gasteiger partial charge in [-0.3, -0.25) is 4.21 Å². The number of benzene rings is 2. The van der Waals surface area contributed by atoms with E-state index in [0.29, 0.717) is 0 Å². The fourth-order valence-electron chi connectivity index (χ4n) is 2.78. The van der Waals surface area contributed by atoms with E-state index in [-0.39, 0.29) is 11.3 Å². The van der Waals surface area contributed by atoms with Gasteiger partial charge < -0.3 is 5.32 Å². The summed E-state index contributed by atoms with van der Waals surface area (Å²) in [4.78, 5) is 0. The summed E-state index contributed by atoms with van der Waals surface area (Å²) in [6.07, 6.45) is 1.77. The second-order valence-electron chi connectivity index (χ2n) is 5.32. The summed E-state index contributed by atoms with van der Waals surface area (Å²) in [5.74, 6) is 0. The van der Waals surface area contributed by atoms with E-state index in [1.54, 1.807) is 6.26 Å². The highest BCUT2D eigenvalue weighted by atomic mass is 32.2. The van der Waals surface area contributed by atoms with Gasteiger partial charge in [0, 0.05) is 28.9 Å². The molecular weight excluding hydrogens is 266 g/mol. The SMILES string of the molecule is CC(CNC1c2ccccc2-c2ccccc21)S(C)=O. The van der Waals surface area contributed by atoms with Crippen LogP contribution in [0.1, 0.15) is 24.1 Å². The molecule has 20 heavy (non-hydrogen) atoms. The lowest BCUT2D eigenvalue weighted by Gasteiger charge is -2.18. The van der Waals surface area contributed by atoms with E-state index in [4.69, 9.17) is 0 Å². The third-order valence-electron chi connectivity index (χ3n) is 4.01. The molecule has 3 rings (SSSR count). The van der Waals surface area contributed by atoms with Gasteiger partial charge in [-0.2, -0.15) is 0 Å². The highest BCUT2D eigenvalue weighted by molar-refractivity contribution is 7.84. The Morgan fingerprint density at radius 2 is 1.55 bits per heavy atom. The third kappa shape index (κ3) is 2.32. The zero-order valence-corrected chi connectivity index (χ0v) is 12.6. The van der Waals surface area contributed by atoms with Gasteiger partial charge in [0.15, 0.2) is 0 Å². The Hall–Kier alpha value is -1.45. The summed E-state index contributed by atoms with van der Waals surface area (Å²) in [7, 11) is -0.788. The van der Waals surface area contributed by atoms with Gasteiger partial charge in [-0.15, -0.1) is 0 Å². The Bertz CT molecular complexity index is 607.